The molecule has 2 heterocycles. The number of aromatic amines is 1. The van der Waals surface area contributed by atoms with E-state index in [0.29, 0.717) is 18.0 Å². The van der Waals surface area contributed by atoms with Gasteiger partial charge in [0, 0.05) is 35.2 Å². The highest BCUT2D eigenvalue weighted by molar-refractivity contribution is 6.30. The molecule has 3 aromatic rings. The van der Waals surface area contributed by atoms with Crippen LogP contribution >= 0.6 is 11.6 Å². The van der Waals surface area contributed by atoms with Gasteiger partial charge in [0.2, 0.25) is 5.91 Å². The summed E-state index contributed by atoms with van der Waals surface area (Å²) in [6.07, 6.45) is 6.02. The SMILES string of the molecule is Cc1[nH]ncc1CNC(=O)CC(c1ccc(Cl)cc1)n1cccc1. The third kappa shape index (κ3) is 3.86. The Kier molecular flexibility index (Phi) is 5.01. The Labute approximate surface area is 145 Å². The number of carbonyl (C=O) groups excluding carboxylic acids is 1. The minimum Gasteiger partial charge on any atom is -0.352 e. The van der Waals surface area contributed by atoms with Gasteiger partial charge in [0.1, 0.15) is 0 Å². The molecule has 0 aliphatic rings. The van der Waals surface area contributed by atoms with Crippen LogP contribution in [-0.2, 0) is 11.3 Å². The zero-order valence-electron chi connectivity index (χ0n) is 13.4. The summed E-state index contributed by atoms with van der Waals surface area (Å²) < 4.78 is 2.03. The third-order valence-corrected chi connectivity index (χ3v) is 4.28. The van der Waals surface area contributed by atoms with Gasteiger partial charge in [-0.15, -0.1) is 0 Å². The maximum absolute atomic E-state index is 12.4. The number of nitrogens with one attached hydrogen (secondary N) is 2. The van der Waals surface area contributed by atoms with Gasteiger partial charge in [-0.2, -0.15) is 5.10 Å². The average Bonchev–Trinajstić information content (AvgIpc) is 3.23. The van der Waals surface area contributed by atoms with Crippen molar-refractivity contribution in [3.8, 4) is 0 Å². The molecular formula is C18H19ClN4O. The molecule has 0 saturated carbocycles. The quantitative estimate of drug-likeness (QED) is 0.720. The molecule has 6 heteroatoms. The molecule has 0 saturated heterocycles. The number of H-pyrrole nitrogens is 1. The fourth-order valence-corrected chi connectivity index (χ4v) is 2.76. The predicted molar refractivity (Wildman–Crippen MR) is 93.8 cm³/mol. The van der Waals surface area contributed by atoms with E-state index in [1.165, 1.54) is 0 Å². The Balaban J connectivity index is 1.71. The number of rotatable bonds is 6. The Morgan fingerprint density at radius 2 is 2.00 bits per heavy atom. The van der Waals surface area contributed by atoms with Crippen LogP contribution in [0.2, 0.25) is 5.02 Å². The number of carbonyl (C=O) groups is 1. The van der Waals surface area contributed by atoms with Crippen molar-refractivity contribution >= 4 is 17.5 Å². The smallest absolute Gasteiger partial charge is 0.222 e. The van der Waals surface area contributed by atoms with Crippen molar-refractivity contribution in [1.82, 2.24) is 20.1 Å². The zero-order valence-corrected chi connectivity index (χ0v) is 14.1. The largest absolute Gasteiger partial charge is 0.352 e. The maximum Gasteiger partial charge on any atom is 0.222 e. The monoisotopic (exact) mass is 342 g/mol. The highest BCUT2D eigenvalue weighted by Gasteiger charge is 2.17. The van der Waals surface area contributed by atoms with Crippen LogP contribution in [0.1, 0.15) is 29.3 Å². The zero-order chi connectivity index (χ0) is 16.9. The highest BCUT2D eigenvalue weighted by Crippen LogP contribution is 2.24. The number of hydrogen-bond donors (Lipinski definition) is 2. The molecule has 2 aromatic heterocycles. The summed E-state index contributed by atoms with van der Waals surface area (Å²) in [6.45, 7) is 2.41. The normalized spacial score (nSPS) is 12.1. The van der Waals surface area contributed by atoms with Crippen LogP contribution in [0.4, 0.5) is 0 Å². The van der Waals surface area contributed by atoms with Crippen molar-refractivity contribution in [2.45, 2.75) is 25.9 Å². The van der Waals surface area contributed by atoms with E-state index in [4.69, 9.17) is 11.6 Å². The number of amides is 1. The standard InChI is InChI=1S/C18H19ClN4O/c1-13-15(12-21-22-13)11-20-18(24)10-17(23-8-2-3-9-23)14-4-6-16(19)7-5-14/h2-9,12,17H,10-11H2,1H3,(H,20,24)(H,21,22). The lowest BCUT2D eigenvalue weighted by molar-refractivity contribution is -0.121. The minimum absolute atomic E-state index is 0.00995. The Morgan fingerprint density at radius 1 is 1.29 bits per heavy atom. The second kappa shape index (κ2) is 7.36. The highest BCUT2D eigenvalue weighted by atomic mass is 35.5. The van der Waals surface area contributed by atoms with Gasteiger partial charge in [0.15, 0.2) is 0 Å². The second-order valence-electron chi connectivity index (χ2n) is 5.70. The number of halogens is 1. The molecule has 1 aromatic carbocycles. The van der Waals surface area contributed by atoms with Gasteiger partial charge < -0.3 is 9.88 Å². The molecule has 3 rings (SSSR count). The molecule has 1 unspecified atom stereocenters. The fourth-order valence-electron chi connectivity index (χ4n) is 2.63. The summed E-state index contributed by atoms with van der Waals surface area (Å²) in [5.74, 6) is -0.00995. The molecule has 0 aliphatic heterocycles. The van der Waals surface area contributed by atoms with Crippen LogP contribution in [0.25, 0.3) is 0 Å². The van der Waals surface area contributed by atoms with Gasteiger partial charge in [-0.25, -0.2) is 0 Å². The third-order valence-electron chi connectivity index (χ3n) is 4.03. The maximum atomic E-state index is 12.4. The second-order valence-corrected chi connectivity index (χ2v) is 6.14. The molecule has 0 aliphatic carbocycles. The van der Waals surface area contributed by atoms with Gasteiger partial charge in [0.25, 0.3) is 0 Å². The van der Waals surface area contributed by atoms with Crippen molar-refractivity contribution in [1.29, 1.82) is 0 Å². The molecule has 0 radical (unpaired) electrons. The van der Waals surface area contributed by atoms with E-state index in [2.05, 4.69) is 15.5 Å². The van der Waals surface area contributed by atoms with Crippen LogP contribution in [0, 0.1) is 6.92 Å². The first kappa shape index (κ1) is 16.3. The van der Waals surface area contributed by atoms with Crippen molar-refractivity contribution < 1.29 is 4.79 Å². The molecule has 2 N–H and O–H groups in total. The lowest BCUT2D eigenvalue weighted by Gasteiger charge is -2.19. The van der Waals surface area contributed by atoms with Crippen molar-refractivity contribution in [2.75, 3.05) is 0 Å². The van der Waals surface area contributed by atoms with Crippen LogP contribution < -0.4 is 5.32 Å². The summed E-state index contributed by atoms with van der Waals surface area (Å²) in [5, 5.41) is 10.5. The first-order valence-electron chi connectivity index (χ1n) is 7.77. The van der Waals surface area contributed by atoms with E-state index in [9.17, 15) is 4.79 Å². The molecule has 1 amide bonds. The Morgan fingerprint density at radius 3 is 2.62 bits per heavy atom. The summed E-state index contributed by atoms with van der Waals surface area (Å²) >= 11 is 5.97. The number of aryl methyl sites for hydroxylation is 1. The van der Waals surface area contributed by atoms with Gasteiger partial charge >= 0.3 is 0 Å². The minimum atomic E-state index is -0.0669. The van der Waals surface area contributed by atoms with Crippen LogP contribution in [-0.4, -0.2) is 20.7 Å². The van der Waals surface area contributed by atoms with Gasteiger partial charge in [-0.05, 0) is 36.8 Å². The average molecular weight is 343 g/mol. The molecule has 24 heavy (non-hydrogen) atoms. The molecule has 124 valence electrons. The summed E-state index contributed by atoms with van der Waals surface area (Å²) in [4.78, 5) is 12.4. The number of aromatic nitrogens is 3. The van der Waals surface area contributed by atoms with E-state index in [1.807, 2.05) is 60.3 Å². The number of hydrogen-bond acceptors (Lipinski definition) is 2. The van der Waals surface area contributed by atoms with Gasteiger partial charge in [-0.3, -0.25) is 9.89 Å². The van der Waals surface area contributed by atoms with E-state index < -0.39 is 0 Å². The van der Waals surface area contributed by atoms with Crippen molar-refractivity contribution in [2.24, 2.45) is 0 Å². The van der Waals surface area contributed by atoms with Gasteiger partial charge in [-0.1, -0.05) is 23.7 Å². The van der Waals surface area contributed by atoms with Crippen LogP contribution in [0.5, 0.6) is 0 Å². The number of nitrogens with zero attached hydrogens (tertiary/aromatic N) is 2. The topological polar surface area (TPSA) is 62.7 Å². The van der Waals surface area contributed by atoms with E-state index in [-0.39, 0.29) is 11.9 Å². The first-order valence-corrected chi connectivity index (χ1v) is 8.15. The van der Waals surface area contributed by atoms with E-state index in [0.717, 1.165) is 16.8 Å². The van der Waals surface area contributed by atoms with E-state index in [1.54, 1.807) is 6.20 Å². The summed E-state index contributed by atoms with van der Waals surface area (Å²) in [5.41, 5.74) is 3.01. The summed E-state index contributed by atoms with van der Waals surface area (Å²) in [6, 6.07) is 11.5. The number of benzene rings is 1. The molecule has 5 nitrogen and oxygen atoms in total. The molecule has 1 atom stereocenters. The van der Waals surface area contributed by atoms with Crippen molar-refractivity contribution in [3.63, 3.8) is 0 Å². The van der Waals surface area contributed by atoms with Crippen LogP contribution in [0.3, 0.4) is 0 Å². The predicted octanol–water partition coefficient (Wildman–Crippen LogP) is 3.47. The molecular weight excluding hydrogens is 324 g/mol. The first-order chi connectivity index (χ1) is 11.6. The lowest BCUT2D eigenvalue weighted by Crippen LogP contribution is -2.26. The Hall–Kier alpha value is -2.53. The molecule has 0 spiro atoms. The molecule has 0 fully saturated rings. The van der Waals surface area contributed by atoms with Crippen molar-refractivity contribution in [3.05, 3.63) is 76.8 Å². The van der Waals surface area contributed by atoms with Gasteiger partial charge in [0.05, 0.1) is 18.7 Å². The fraction of sp³-hybridized carbons (Fsp3) is 0.222. The summed E-state index contributed by atoms with van der Waals surface area (Å²) in [7, 11) is 0. The molecule has 0 bridgehead atoms. The lowest BCUT2D eigenvalue weighted by atomic mass is 10.0. The van der Waals surface area contributed by atoms with Crippen LogP contribution in [0.15, 0.2) is 55.0 Å². The van der Waals surface area contributed by atoms with E-state index >= 15 is 0 Å². The Bertz CT molecular complexity index is 793.